The normalized spacial score (nSPS) is 10.3. The summed E-state index contributed by atoms with van der Waals surface area (Å²) in [6, 6.07) is 2.74. The maximum absolute atomic E-state index is 13.4. The van der Waals surface area contributed by atoms with Gasteiger partial charge in [-0.05, 0) is 6.92 Å². The number of hydrogen-bond donors (Lipinski definition) is 2. The third-order valence-electron chi connectivity index (χ3n) is 2.30. The number of nitrogens with zero attached hydrogens (tertiary/aromatic N) is 2. The quantitative estimate of drug-likeness (QED) is 0.837. The minimum atomic E-state index is -1.24. The summed E-state index contributed by atoms with van der Waals surface area (Å²) in [6.45, 7) is 2.56. The van der Waals surface area contributed by atoms with Crippen molar-refractivity contribution in [1.29, 1.82) is 0 Å². The zero-order valence-corrected chi connectivity index (χ0v) is 10.0. The van der Waals surface area contributed by atoms with E-state index in [-0.39, 0.29) is 11.5 Å². The van der Waals surface area contributed by atoms with E-state index in [2.05, 4.69) is 20.6 Å². The van der Waals surface area contributed by atoms with Crippen LogP contribution in [0.1, 0.15) is 6.92 Å². The van der Waals surface area contributed by atoms with E-state index in [1.54, 1.807) is 0 Å². The molecule has 0 radical (unpaired) electrons. The van der Waals surface area contributed by atoms with E-state index >= 15 is 0 Å². The number of halogens is 3. The van der Waals surface area contributed by atoms with E-state index in [4.69, 9.17) is 0 Å². The summed E-state index contributed by atoms with van der Waals surface area (Å²) < 4.78 is 39.3. The summed E-state index contributed by atoms with van der Waals surface area (Å²) in [5.74, 6) is -2.45. The fraction of sp³-hybridized carbons (Fsp3) is 0.167. The Kier molecular flexibility index (Phi) is 3.84. The van der Waals surface area contributed by atoms with Crippen molar-refractivity contribution >= 4 is 17.3 Å². The minimum Gasteiger partial charge on any atom is -0.370 e. The van der Waals surface area contributed by atoms with E-state index in [1.165, 1.54) is 12.4 Å². The number of rotatable bonds is 4. The van der Waals surface area contributed by atoms with E-state index < -0.39 is 17.5 Å². The zero-order chi connectivity index (χ0) is 13.8. The van der Waals surface area contributed by atoms with E-state index in [0.717, 1.165) is 6.07 Å². The molecular weight excluding hydrogens is 257 g/mol. The van der Waals surface area contributed by atoms with Crippen molar-refractivity contribution in [3.05, 3.63) is 42.0 Å². The molecule has 0 aliphatic heterocycles. The first kappa shape index (κ1) is 13.1. The lowest BCUT2D eigenvalue weighted by Gasteiger charge is -2.08. The van der Waals surface area contributed by atoms with Crippen LogP contribution >= 0.6 is 0 Å². The number of hydrogen-bond acceptors (Lipinski definition) is 4. The summed E-state index contributed by atoms with van der Waals surface area (Å²) in [6.07, 6.45) is 1.28. The van der Waals surface area contributed by atoms with Gasteiger partial charge in [-0.25, -0.2) is 23.1 Å². The molecule has 2 N–H and O–H groups in total. The molecule has 1 aromatic heterocycles. The van der Waals surface area contributed by atoms with Crippen molar-refractivity contribution in [2.75, 3.05) is 17.2 Å². The second-order valence-corrected chi connectivity index (χ2v) is 3.69. The molecule has 0 saturated heterocycles. The fourth-order valence-electron chi connectivity index (χ4n) is 1.46. The molecule has 0 fully saturated rings. The lowest BCUT2D eigenvalue weighted by molar-refractivity contribution is 0.496. The van der Waals surface area contributed by atoms with E-state index in [1.807, 2.05) is 6.92 Å². The molecule has 0 spiro atoms. The molecule has 0 aliphatic rings. The Morgan fingerprint density at radius 2 is 1.63 bits per heavy atom. The van der Waals surface area contributed by atoms with Crippen molar-refractivity contribution < 1.29 is 13.2 Å². The van der Waals surface area contributed by atoms with Gasteiger partial charge in [0, 0.05) is 24.7 Å². The lowest BCUT2D eigenvalue weighted by Crippen LogP contribution is -2.03. The SMILES string of the molecule is CCNc1cc(Nc2cc(F)c(F)cc2F)ncn1. The van der Waals surface area contributed by atoms with Crippen molar-refractivity contribution in [3.63, 3.8) is 0 Å². The fourth-order valence-corrected chi connectivity index (χ4v) is 1.46. The van der Waals surface area contributed by atoms with Gasteiger partial charge in [-0.3, -0.25) is 0 Å². The van der Waals surface area contributed by atoms with Gasteiger partial charge < -0.3 is 10.6 Å². The second-order valence-electron chi connectivity index (χ2n) is 3.69. The monoisotopic (exact) mass is 268 g/mol. The molecule has 0 unspecified atom stereocenters. The van der Waals surface area contributed by atoms with Gasteiger partial charge in [0.1, 0.15) is 23.8 Å². The number of nitrogens with one attached hydrogen (secondary N) is 2. The molecule has 0 amide bonds. The zero-order valence-electron chi connectivity index (χ0n) is 10.0. The molecule has 1 heterocycles. The third kappa shape index (κ3) is 3.12. The highest BCUT2D eigenvalue weighted by Gasteiger charge is 2.10. The maximum atomic E-state index is 13.4. The van der Waals surface area contributed by atoms with E-state index in [9.17, 15) is 13.2 Å². The van der Waals surface area contributed by atoms with Crippen molar-refractivity contribution in [2.24, 2.45) is 0 Å². The predicted molar refractivity (Wildman–Crippen MR) is 65.8 cm³/mol. The predicted octanol–water partition coefficient (Wildman–Crippen LogP) is 3.07. The highest BCUT2D eigenvalue weighted by Crippen LogP contribution is 2.22. The number of benzene rings is 1. The van der Waals surface area contributed by atoms with Gasteiger partial charge >= 0.3 is 0 Å². The first-order valence-electron chi connectivity index (χ1n) is 5.57. The summed E-state index contributed by atoms with van der Waals surface area (Å²) >= 11 is 0. The van der Waals surface area contributed by atoms with Gasteiger partial charge in [-0.1, -0.05) is 0 Å². The van der Waals surface area contributed by atoms with Gasteiger partial charge in [0.15, 0.2) is 11.6 Å². The Morgan fingerprint density at radius 1 is 0.947 bits per heavy atom. The van der Waals surface area contributed by atoms with Gasteiger partial charge in [0.05, 0.1) is 5.69 Å². The molecule has 0 aliphatic carbocycles. The Hall–Kier alpha value is -2.31. The molecule has 2 aromatic rings. The molecule has 2 rings (SSSR count). The summed E-state index contributed by atoms with van der Waals surface area (Å²) in [7, 11) is 0. The Bertz CT molecular complexity index is 589. The Balaban J connectivity index is 2.25. The standard InChI is InChI=1S/C12H11F3N4/c1-2-16-11-5-12(18-6-17-11)19-10-4-8(14)7(13)3-9(10)15/h3-6H,2H2,1H3,(H2,16,17,18,19). The number of anilines is 3. The van der Waals surface area contributed by atoms with Crippen LogP contribution in [0.15, 0.2) is 24.5 Å². The van der Waals surface area contributed by atoms with Crippen molar-refractivity contribution in [1.82, 2.24) is 9.97 Å². The first-order chi connectivity index (χ1) is 9.10. The molecule has 100 valence electrons. The smallest absolute Gasteiger partial charge is 0.161 e. The van der Waals surface area contributed by atoms with Gasteiger partial charge in [0.2, 0.25) is 0 Å². The van der Waals surface area contributed by atoms with Crippen LogP contribution in [0.2, 0.25) is 0 Å². The first-order valence-corrected chi connectivity index (χ1v) is 5.57. The van der Waals surface area contributed by atoms with Crippen LogP contribution in [0.4, 0.5) is 30.5 Å². The second kappa shape index (κ2) is 5.55. The van der Waals surface area contributed by atoms with Crippen LogP contribution < -0.4 is 10.6 Å². The lowest BCUT2D eigenvalue weighted by atomic mass is 10.3. The summed E-state index contributed by atoms with van der Waals surface area (Å²) in [5, 5.41) is 5.52. The van der Waals surface area contributed by atoms with Crippen molar-refractivity contribution in [3.8, 4) is 0 Å². The van der Waals surface area contributed by atoms with Crippen LogP contribution in [0.5, 0.6) is 0 Å². The van der Waals surface area contributed by atoms with Crippen LogP contribution in [0.3, 0.4) is 0 Å². The average Bonchev–Trinajstić information content (AvgIpc) is 2.37. The highest BCUT2D eigenvalue weighted by molar-refractivity contribution is 5.59. The molecular formula is C12H11F3N4. The van der Waals surface area contributed by atoms with Gasteiger partial charge in [-0.15, -0.1) is 0 Å². The third-order valence-corrected chi connectivity index (χ3v) is 2.30. The topological polar surface area (TPSA) is 49.8 Å². The van der Waals surface area contributed by atoms with E-state index in [0.29, 0.717) is 18.4 Å². The maximum Gasteiger partial charge on any atom is 0.161 e. The average molecular weight is 268 g/mol. The molecule has 0 bridgehead atoms. The Labute approximate surface area is 107 Å². The molecule has 0 atom stereocenters. The highest BCUT2D eigenvalue weighted by atomic mass is 19.2. The summed E-state index contributed by atoms with van der Waals surface area (Å²) in [4.78, 5) is 7.80. The van der Waals surface area contributed by atoms with Gasteiger partial charge in [0.25, 0.3) is 0 Å². The van der Waals surface area contributed by atoms with Gasteiger partial charge in [-0.2, -0.15) is 0 Å². The van der Waals surface area contributed by atoms with Crippen LogP contribution in [0, 0.1) is 17.5 Å². The van der Waals surface area contributed by atoms with Crippen LogP contribution in [-0.4, -0.2) is 16.5 Å². The minimum absolute atomic E-state index is 0.194. The molecule has 1 aromatic carbocycles. The molecule has 19 heavy (non-hydrogen) atoms. The largest absolute Gasteiger partial charge is 0.370 e. The summed E-state index contributed by atoms with van der Waals surface area (Å²) in [5.41, 5.74) is -0.194. The van der Waals surface area contributed by atoms with Crippen LogP contribution in [0.25, 0.3) is 0 Å². The number of aromatic nitrogens is 2. The van der Waals surface area contributed by atoms with Crippen LogP contribution in [-0.2, 0) is 0 Å². The molecule has 7 heteroatoms. The molecule has 0 saturated carbocycles. The van der Waals surface area contributed by atoms with Crippen molar-refractivity contribution in [2.45, 2.75) is 6.92 Å². The Morgan fingerprint density at radius 3 is 2.37 bits per heavy atom. The molecule has 4 nitrogen and oxygen atoms in total.